The minimum absolute atomic E-state index is 0.326. The molecule has 0 saturated heterocycles. The van der Waals surface area contributed by atoms with Crippen LogP contribution in [0.25, 0.3) is 0 Å². The fourth-order valence-electron chi connectivity index (χ4n) is 2.15. The van der Waals surface area contributed by atoms with Crippen LogP contribution in [0, 0.1) is 0 Å². The summed E-state index contributed by atoms with van der Waals surface area (Å²) in [6.45, 7) is 6.31. The number of nitrogens with one attached hydrogen (secondary N) is 1. The molecule has 0 bridgehead atoms. The zero-order valence-electron chi connectivity index (χ0n) is 13.4. The van der Waals surface area contributed by atoms with Crippen molar-refractivity contribution in [1.82, 2.24) is 10.2 Å². The van der Waals surface area contributed by atoms with E-state index >= 15 is 0 Å². The third-order valence-corrected chi connectivity index (χ3v) is 3.18. The van der Waals surface area contributed by atoms with Crippen molar-refractivity contribution in [2.45, 2.75) is 26.3 Å². The molecule has 0 saturated carbocycles. The summed E-state index contributed by atoms with van der Waals surface area (Å²) in [6, 6.07) is 6.53. The largest absolute Gasteiger partial charge is 0.490 e. The van der Waals surface area contributed by atoms with Gasteiger partial charge in [-0.1, -0.05) is 6.07 Å². The molecule has 0 spiro atoms. The van der Waals surface area contributed by atoms with Gasteiger partial charge in [-0.3, -0.25) is 0 Å². The van der Waals surface area contributed by atoms with Gasteiger partial charge in [0, 0.05) is 6.04 Å². The van der Waals surface area contributed by atoms with E-state index in [1.807, 2.05) is 27.0 Å². The van der Waals surface area contributed by atoms with E-state index in [9.17, 15) is 0 Å². The number of rotatable bonds is 9. The van der Waals surface area contributed by atoms with Gasteiger partial charge in [0.1, 0.15) is 0 Å². The molecule has 1 unspecified atom stereocenters. The van der Waals surface area contributed by atoms with Crippen molar-refractivity contribution < 1.29 is 9.47 Å². The van der Waals surface area contributed by atoms with Gasteiger partial charge < -0.3 is 19.7 Å². The Bertz CT molecular complexity index is 394. The highest BCUT2D eigenvalue weighted by molar-refractivity contribution is 5.44. The van der Waals surface area contributed by atoms with E-state index in [0.29, 0.717) is 19.3 Å². The molecular formula is C16H28N2O2. The molecule has 0 amide bonds. The Balaban J connectivity index is 2.89. The van der Waals surface area contributed by atoms with Crippen LogP contribution in [0.3, 0.4) is 0 Å². The zero-order valence-corrected chi connectivity index (χ0v) is 13.4. The summed E-state index contributed by atoms with van der Waals surface area (Å²) in [5.74, 6) is 1.65. The fraction of sp³-hybridized carbons (Fsp3) is 0.625. The van der Waals surface area contributed by atoms with Gasteiger partial charge in [-0.2, -0.15) is 0 Å². The SMILES string of the molecule is CCOc1ccc(C(CCN(C)C)NC)cc1OCC. The lowest BCUT2D eigenvalue weighted by Gasteiger charge is -2.21. The fourth-order valence-corrected chi connectivity index (χ4v) is 2.15. The Morgan fingerprint density at radius 3 is 2.30 bits per heavy atom. The summed E-state index contributed by atoms with van der Waals surface area (Å²) in [5, 5.41) is 3.37. The zero-order chi connectivity index (χ0) is 15.0. The number of nitrogens with zero attached hydrogens (tertiary/aromatic N) is 1. The Kier molecular flexibility index (Phi) is 7.41. The van der Waals surface area contributed by atoms with Crippen molar-refractivity contribution in [2.75, 3.05) is 40.9 Å². The number of hydrogen-bond donors (Lipinski definition) is 1. The molecule has 0 radical (unpaired) electrons. The van der Waals surface area contributed by atoms with Gasteiger partial charge in [-0.05, 0) is 65.7 Å². The van der Waals surface area contributed by atoms with Crippen LogP contribution in [0.15, 0.2) is 18.2 Å². The van der Waals surface area contributed by atoms with Crippen molar-refractivity contribution in [3.63, 3.8) is 0 Å². The van der Waals surface area contributed by atoms with Crippen LogP contribution in [0.5, 0.6) is 11.5 Å². The van der Waals surface area contributed by atoms with Crippen LogP contribution in [0.1, 0.15) is 31.9 Å². The summed E-state index contributed by atoms with van der Waals surface area (Å²) in [6.07, 6.45) is 1.06. The van der Waals surface area contributed by atoms with Crippen LogP contribution in [0.2, 0.25) is 0 Å². The summed E-state index contributed by atoms with van der Waals surface area (Å²) < 4.78 is 11.3. The van der Waals surface area contributed by atoms with Crippen molar-refractivity contribution in [3.8, 4) is 11.5 Å². The van der Waals surface area contributed by atoms with Gasteiger partial charge in [0.2, 0.25) is 0 Å². The van der Waals surface area contributed by atoms with Gasteiger partial charge in [0.25, 0.3) is 0 Å². The van der Waals surface area contributed by atoms with E-state index in [2.05, 4.69) is 36.4 Å². The second-order valence-corrected chi connectivity index (χ2v) is 5.01. The molecule has 0 aliphatic heterocycles. The highest BCUT2D eigenvalue weighted by Gasteiger charge is 2.13. The number of benzene rings is 1. The lowest BCUT2D eigenvalue weighted by atomic mass is 10.0. The monoisotopic (exact) mass is 280 g/mol. The van der Waals surface area contributed by atoms with Gasteiger partial charge in [0.15, 0.2) is 11.5 Å². The molecule has 0 heterocycles. The van der Waals surface area contributed by atoms with E-state index in [1.54, 1.807) is 0 Å². The molecule has 0 aromatic heterocycles. The molecule has 4 nitrogen and oxygen atoms in total. The Hall–Kier alpha value is -1.26. The summed E-state index contributed by atoms with van der Waals surface area (Å²) in [4.78, 5) is 2.20. The quantitative estimate of drug-likeness (QED) is 0.754. The topological polar surface area (TPSA) is 33.7 Å². The molecule has 1 N–H and O–H groups in total. The van der Waals surface area contributed by atoms with Crippen molar-refractivity contribution >= 4 is 0 Å². The van der Waals surface area contributed by atoms with Crippen LogP contribution < -0.4 is 14.8 Å². The minimum atomic E-state index is 0.326. The first-order valence-corrected chi connectivity index (χ1v) is 7.33. The molecule has 4 heteroatoms. The van der Waals surface area contributed by atoms with Crippen molar-refractivity contribution in [2.24, 2.45) is 0 Å². The maximum atomic E-state index is 5.69. The van der Waals surface area contributed by atoms with Gasteiger partial charge in [-0.15, -0.1) is 0 Å². The molecule has 1 aromatic rings. The first kappa shape index (κ1) is 16.8. The Morgan fingerprint density at radius 1 is 1.10 bits per heavy atom. The van der Waals surface area contributed by atoms with Crippen LogP contribution in [0.4, 0.5) is 0 Å². The first-order chi connectivity index (χ1) is 9.62. The summed E-state index contributed by atoms with van der Waals surface area (Å²) in [7, 11) is 6.18. The molecule has 1 rings (SSSR count). The average molecular weight is 280 g/mol. The third-order valence-electron chi connectivity index (χ3n) is 3.18. The first-order valence-electron chi connectivity index (χ1n) is 7.33. The van der Waals surface area contributed by atoms with Crippen LogP contribution >= 0.6 is 0 Å². The van der Waals surface area contributed by atoms with Gasteiger partial charge >= 0.3 is 0 Å². The average Bonchev–Trinajstić information content (AvgIpc) is 2.42. The third kappa shape index (κ3) is 5.02. The van der Waals surface area contributed by atoms with Crippen LogP contribution in [-0.2, 0) is 0 Å². The minimum Gasteiger partial charge on any atom is -0.490 e. The summed E-state index contributed by atoms with van der Waals surface area (Å²) >= 11 is 0. The number of ether oxygens (including phenoxy) is 2. The maximum absolute atomic E-state index is 5.69. The predicted octanol–water partition coefficient (Wildman–Crippen LogP) is 2.70. The molecule has 1 atom stereocenters. The lowest BCUT2D eigenvalue weighted by molar-refractivity contribution is 0.287. The second kappa shape index (κ2) is 8.82. The number of hydrogen-bond acceptors (Lipinski definition) is 4. The molecule has 0 aliphatic rings. The van der Waals surface area contributed by atoms with E-state index < -0.39 is 0 Å². The smallest absolute Gasteiger partial charge is 0.161 e. The molecular weight excluding hydrogens is 252 g/mol. The lowest BCUT2D eigenvalue weighted by Crippen LogP contribution is -2.23. The normalized spacial score (nSPS) is 12.5. The van der Waals surface area contributed by atoms with Gasteiger partial charge in [-0.25, -0.2) is 0 Å². The van der Waals surface area contributed by atoms with E-state index in [4.69, 9.17) is 9.47 Å². The standard InChI is InChI=1S/C16H28N2O2/c1-6-19-15-9-8-13(12-16(15)20-7-2)14(17-3)10-11-18(4)5/h8-9,12,14,17H,6-7,10-11H2,1-5H3. The maximum Gasteiger partial charge on any atom is 0.161 e. The molecule has 1 aromatic carbocycles. The predicted molar refractivity (Wildman–Crippen MR) is 83.8 cm³/mol. The highest BCUT2D eigenvalue weighted by Crippen LogP contribution is 2.31. The van der Waals surface area contributed by atoms with E-state index in [-0.39, 0.29) is 0 Å². The Morgan fingerprint density at radius 2 is 1.75 bits per heavy atom. The van der Waals surface area contributed by atoms with Crippen LogP contribution in [-0.4, -0.2) is 45.8 Å². The van der Waals surface area contributed by atoms with Crippen molar-refractivity contribution in [3.05, 3.63) is 23.8 Å². The molecule has 114 valence electrons. The highest BCUT2D eigenvalue weighted by atomic mass is 16.5. The molecule has 0 fully saturated rings. The van der Waals surface area contributed by atoms with Crippen molar-refractivity contribution in [1.29, 1.82) is 0 Å². The van der Waals surface area contributed by atoms with Gasteiger partial charge in [0.05, 0.1) is 13.2 Å². The Labute approximate surface area is 123 Å². The van der Waals surface area contributed by atoms with E-state index in [0.717, 1.165) is 24.5 Å². The van der Waals surface area contributed by atoms with E-state index in [1.165, 1.54) is 5.56 Å². The molecule has 0 aliphatic carbocycles. The second-order valence-electron chi connectivity index (χ2n) is 5.01. The summed E-state index contributed by atoms with van der Waals surface area (Å²) in [5.41, 5.74) is 1.24. The molecule has 20 heavy (non-hydrogen) atoms.